The van der Waals surface area contributed by atoms with Crippen LogP contribution in [0.4, 0.5) is 0 Å². The summed E-state index contributed by atoms with van der Waals surface area (Å²) >= 11 is 0. The predicted molar refractivity (Wildman–Crippen MR) is 64.0 cm³/mol. The average molecular weight is 218 g/mol. The van der Waals surface area contributed by atoms with Crippen molar-refractivity contribution in [1.82, 2.24) is 4.90 Å². The summed E-state index contributed by atoms with van der Waals surface area (Å²) in [5.74, 6) is 0.130. The second-order valence-electron chi connectivity index (χ2n) is 4.47. The van der Waals surface area contributed by atoms with Gasteiger partial charge >= 0.3 is 0 Å². The Kier molecular flexibility index (Phi) is 3.25. The topological polar surface area (TPSA) is 46.3 Å². The molecule has 0 saturated carbocycles. The zero-order valence-corrected chi connectivity index (χ0v) is 9.60. The molecule has 2 atom stereocenters. The van der Waals surface area contributed by atoms with Crippen LogP contribution in [0.1, 0.15) is 24.8 Å². The van der Waals surface area contributed by atoms with Crippen LogP contribution in [-0.2, 0) is 4.79 Å². The second-order valence-corrected chi connectivity index (χ2v) is 4.47. The lowest BCUT2D eigenvalue weighted by molar-refractivity contribution is -0.131. The van der Waals surface area contributed by atoms with Crippen molar-refractivity contribution in [2.75, 3.05) is 13.1 Å². The summed E-state index contributed by atoms with van der Waals surface area (Å²) in [5, 5.41) is 0. The number of carbonyl (C=O) groups excluding carboxylic acids is 1. The van der Waals surface area contributed by atoms with E-state index in [4.69, 9.17) is 5.73 Å². The van der Waals surface area contributed by atoms with Crippen LogP contribution in [0.25, 0.3) is 0 Å². The SMILES string of the molecule is CC(C(=O)N1CC[C@H](N)C1)c1ccccc1. The van der Waals surface area contributed by atoms with E-state index in [2.05, 4.69) is 0 Å². The van der Waals surface area contributed by atoms with Crippen LogP contribution in [-0.4, -0.2) is 29.9 Å². The van der Waals surface area contributed by atoms with Gasteiger partial charge in [0.05, 0.1) is 5.92 Å². The molecule has 1 saturated heterocycles. The van der Waals surface area contributed by atoms with E-state index >= 15 is 0 Å². The molecule has 1 aromatic carbocycles. The van der Waals surface area contributed by atoms with Crippen LogP contribution in [0.2, 0.25) is 0 Å². The molecule has 1 heterocycles. The highest BCUT2D eigenvalue weighted by Crippen LogP contribution is 2.20. The van der Waals surface area contributed by atoms with Gasteiger partial charge < -0.3 is 10.6 Å². The van der Waals surface area contributed by atoms with Gasteiger partial charge in [-0.1, -0.05) is 30.3 Å². The first-order valence-corrected chi connectivity index (χ1v) is 5.78. The van der Waals surface area contributed by atoms with Crippen LogP contribution >= 0.6 is 0 Å². The Morgan fingerprint density at radius 1 is 1.44 bits per heavy atom. The predicted octanol–water partition coefficient (Wildman–Crippen LogP) is 1.35. The van der Waals surface area contributed by atoms with E-state index in [1.54, 1.807) is 0 Å². The summed E-state index contributed by atoms with van der Waals surface area (Å²) in [6.07, 6.45) is 0.924. The van der Waals surface area contributed by atoms with Crippen molar-refractivity contribution >= 4 is 5.91 Å². The number of rotatable bonds is 2. The van der Waals surface area contributed by atoms with E-state index in [-0.39, 0.29) is 17.9 Å². The quantitative estimate of drug-likeness (QED) is 0.814. The van der Waals surface area contributed by atoms with Gasteiger partial charge in [-0.2, -0.15) is 0 Å². The number of hydrogen-bond acceptors (Lipinski definition) is 2. The molecule has 0 aromatic heterocycles. The van der Waals surface area contributed by atoms with Crippen LogP contribution in [0.3, 0.4) is 0 Å². The molecular formula is C13H18N2O. The fourth-order valence-electron chi connectivity index (χ4n) is 2.15. The normalized spacial score (nSPS) is 22.1. The van der Waals surface area contributed by atoms with Gasteiger partial charge in [0.15, 0.2) is 0 Å². The third-order valence-electron chi connectivity index (χ3n) is 3.21. The van der Waals surface area contributed by atoms with Crippen molar-refractivity contribution in [2.45, 2.75) is 25.3 Å². The van der Waals surface area contributed by atoms with E-state index < -0.39 is 0 Å². The van der Waals surface area contributed by atoms with E-state index in [0.717, 1.165) is 18.5 Å². The fourth-order valence-corrected chi connectivity index (χ4v) is 2.15. The number of amides is 1. The maximum atomic E-state index is 12.2. The van der Waals surface area contributed by atoms with Gasteiger partial charge in [-0.15, -0.1) is 0 Å². The van der Waals surface area contributed by atoms with Crippen LogP contribution in [0, 0.1) is 0 Å². The lowest BCUT2D eigenvalue weighted by Crippen LogP contribution is -2.34. The Morgan fingerprint density at radius 2 is 2.12 bits per heavy atom. The second kappa shape index (κ2) is 4.66. The highest BCUT2D eigenvalue weighted by Gasteiger charge is 2.27. The lowest BCUT2D eigenvalue weighted by atomic mass is 10.00. The van der Waals surface area contributed by atoms with Gasteiger partial charge in [-0.05, 0) is 18.9 Å². The fraction of sp³-hybridized carbons (Fsp3) is 0.462. The van der Waals surface area contributed by atoms with E-state index in [1.807, 2.05) is 42.2 Å². The molecule has 1 unspecified atom stereocenters. The maximum absolute atomic E-state index is 12.2. The Morgan fingerprint density at radius 3 is 2.69 bits per heavy atom. The standard InChI is InChI=1S/C13H18N2O/c1-10(11-5-3-2-4-6-11)13(16)15-8-7-12(14)9-15/h2-6,10,12H,7-9,14H2,1H3/t10?,12-/m0/s1. The molecule has 2 rings (SSSR count). The molecule has 2 N–H and O–H groups in total. The molecule has 0 radical (unpaired) electrons. The van der Waals surface area contributed by atoms with Crippen LogP contribution in [0.15, 0.2) is 30.3 Å². The summed E-state index contributed by atoms with van der Waals surface area (Å²) in [5.41, 5.74) is 6.88. The Labute approximate surface area is 96.2 Å². The van der Waals surface area contributed by atoms with Crippen LogP contribution < -0.4 is 5.73 Å². The maximum Gasteiger partial charge on any atom is 0.229 e. The Hall–Kier alpha value is -1.35. The third kappa shape index (κ3) is 2.25. The van der Waals surface area contributed by atoms with Gasteiger partial charge in [0.2, 0.25) is 5.91 Å². The number of carbonyl (C=O) groups is 1. The number of nitrogens with two attached hydrogens (primary N) is 1. The largest absolute Gasteiger partial charge is 0.341 e. The molecule has 3 nitrogen and oxygen atoms in total. The van der Waals surface area contributed by atoms with Crippen molar-refractivity contribution in [2.24, 2.45) is 5.73 Å². The molecule has 1 aromatic rings. The smallest absolute Gasteiger partial charge is 0.229 e. The zero-order valence-electron chi connectivity index (χ0n) is 9.60. The van der Waals surface area contributed by atoms with Crippen molar-refractivity contribution in [3.63, 3.8) is 0 Å². The molecule has 86 valence electrons. The van der Waals surface area contributed by atoms with E-state index in [1.165, 1.54) is 0 Å². The monoisotopic (exact) mass is 218 g/mol. The van der Waals surface area contributed by atoms with Crippen molar-refractivity contribution in [1.29, 1.82) is 0 Å². The zero-order chi connectivity index (χ0) is 11.5. The van der Waals surface area contributed by atoms with Crippen molar-refractivity contribution in [3.05, 3.63) is 35.9 Å². The first kappa shape index (κ1) is 11.1. The van der Waals surface area contributed by atoms with E-state index in [0.29, 0.717) is 6.54 Å². The molecular weight excluding hydrogens is 200 g/mol. The lowest BCUT2D eigenvalue weighted by Gasteiger charge is -2.20. The molecule has 1 amide bonds. The van der Waals surface area contributed by atoms with Gasteiger partial charge in [-0.3, -0.25) is 4.79 Å². The van der Waals surface area contributed by atoms with Gasteiger partial charge in [-0.25, -0.2) is 0 Å². The molecule has 1 fully saturated rings. The minimum Gasteiger partial charge on any atom is -0.341 e. The number of nitrogens with zero attached hydrogens (tertiary/aromatic N) is 1. The average Bonchev–Trinajstić information content (AvgIpc) is 2.75. The van der Waals surface area contributed by atoms with Crippen LogP contribution in [0.5, 0.6) is 0 Å². The molecule has 0 bridgehead atoms. The number of hydrogen-bond donors (Lipinski definition) is 1. The molecule has 0 spiro atoms. The van der Waals surface area contributed by atoms with Gasteiger partial charge in [0.1, 0.15) is 0 Å². The summed E-state index contributed by atoms with van der Waals surface area (Å²) in [4.78, 5) is 14.0. The third-order valence-corrected chi connectivity index (χ3v) is 3.21. The van der Waals surface area contributed by atoms with Gasteiger partial charge in [0.25, 0.3) is 0 Å². The minimum atomic E-state index is -0.0634. The summed E-state index contributed by atoms with van der Waals surface area (Å²) in [6, 6.07) is 10.1. The van der Waals surface area contributed by atoms with Crippen molar-refractivity contribution < 1.29 is 4.79 Å². The number of benzene rings is 1. The molecule has 16 heavy (non-hydrogen) atoms. The van der Waals surface area contributed by atoms with Crippen molar-refractivity contribution in [3.8, 4) is 0 Å². The highest BCUT2D eigenvalue weighted by atomic mass is 16.2. The van der Waals surface area contributed by atoms with Gasteiger partial charge in [0, 0.05) is 19.1 Å². The Bertz CT molecular complexity index is 363. The summed E-state index contributed by atoms with van der Waals surface area (Å²) in [7, 11) is 0. The molecule has 0 aliphatic carbocycles. The first-order valence-electron chi connectivity index (χ1n) is 5.78. The Balaban J connectivity index is 2.05. The minimum absolute atomic E-state index is 0.0634. The summed E-state index contributed by atoms with van der Waals surface area (Å²) < 4.78 is 0. The first-order chi connectivity index (χ1) is 7.68. The number of likely N-dealkylation sites (tertiary alicyclic amines) is 1. The highest BCUT2D eigenvalue weighted by molar-refractivity contribution is 5.83. The molecule has 3 heteroatoms. The molecule has 1 aliphatic rings. The van der Waals surface area contributed by atoms with E-state index in [9.17, 15) is 4.79 Å². The molecule has 1 aliphatic heterocycles. The summed E-state index contributed by atoms with van der Waals surface area (Å²) in [6.45, 7) is 3.47.